The summed E-state index contributed by atoms with van der Waals surface area (Å²) in [5.74, 6) is -0.427. The second kappa shape index (κ2) is 3.91. The first-order valence-corrected chi connectivity index (χ1v) is 6.85. The van der Waals surface area contributed by atoms with E-state index in [-0.39, 0.29) is 5.92 Å². The van der Waals surface area contributed by atoms with Crippen molar-refractivity contribution >= 4 is 17.8 Å². The fourth-order valence-corrected chi connectivity index (χ4v) is 3.32. The molecule has 2 aliphatic carbocycles. The van der Waals surface area contributed by atoms with Crippen molar-refractivity contribution in [3.63, 3.8) is 0 Å². The van der Waals surface area contributed by atoms with Crippen LogP contribution in [0, 0.1) is 17.8 Å². The highest BCUT2D eigenvalue weighted by atomic mass is 16.7. The third-order valence-electron chi connectivity index (χ3n) is 4.51. The Morgan fingerprint density at radius 1 is 1.00 bits per heavy atom. The molecule has 1 aromatic rings. The molecule has 4 rings (SSSR count). The molecule has 3 aliphatic rings. The molecule has 5 heteroatoms. The van der Waals surface area contributed by atoms with Crippen LogP contribution in [0.2, 0.25) is 0 Å². The third kappa shape index (κ3) is 1.59. The van der Waals surface area contributed by atoms with E-state index in [0.29, 0.717) is 28.0 Å². The molecule has 1 aromatic carbocycles. The molecule has 2 amide bonds. The van der Waals surface area contributed by atoms with Gasteiger partial charge in [0, 0.05) is 0 Å². The zero-order valence-electron chi connectivity index (χ0n) is 10.7. The summed E-state index contributed by atoms with van der Waals surface area (Å²) >= 11 is 0. The number of amides is 2. The maximum absolute atomic E-state index is 12.1. The third-order valence-corrected chi connectivity index (χ3v) is 4.51. The number of carbonyl (C=O) groups is 3. The second-order valence-corrected chi connectivity index (χ2v) is 5.78. The van der Waals surface area contributed by atoms with Crippen LogP contribution in [-0.4, -0.2) is 22.8 Å². The molecule has 2 atom stereocenters. The summed E-state index contributed by atoms with van der Waals surface area (Å²) in [6.07, 6.45) is 2.86. The Morgan fingerprint density at radius 3 is 2.10 bits per heavy atom. The molecule has 20 heavy (non-hydrogen) atoms. The van der Waals surface area contributed by atoms with Gasteiger partial charge in [0.25, 0.3) is 11.8 Å². The molecule has 0 spiro atoms. The second-order valence-electron chi connectivity index (χ2n) is 5.78. The van der Waals surface area contributed by atoms with Crippen LogP contribution in [0.25, 0.3) is 0 Å². The van der Waals surface area contributed by atoms with E-state index < -0.39 is 17.8 Å². The number of benzene rings is 1. The minimum atomic E-state index is -0.554. The molecule has 0 bridgehead atoms. The Bertz CT molecular complexity index is 594. The van der Waals surface area contributed by atoms with E-state index in [1.165, 1.54) is 6.42 Å². The molecule has 0 aromatic heterocycles. The number of hydrogen-bond acceptors (Lipinski definition) is 4. The molecular weight excluding hydrogens is 258 g/mol. The molecule has 2 unspecified atom stereocenters. The van der Waals surface area contributed by atoms with E-state index in [1.54, 1.807) is 24.3 Å². The lowest BCUT2D eigenvalue weighted by Crippen LogP contribution is -2.34. The number of nitrogens with zero attached hydrogens (tertiary/aromatic N) is 1. The van der Waals surface area contributed by atoms with E-state index in [9.17, 15) is 14.4 Å². The zero-order chi connectivity index (χ0) is 13.9. The summed E-state index contributed by atoms with van der Waals surface area (Å²) in [7, 11) is 0. The van der Waals surface area contributed by atoms with Gasteiger partial charge in [-0.25, -0.2) is 4.79 Å². The predicted octanol–water partition coefficient (Wildman–Crippen LogP) is 1.79. The van der Waals surface area contributed by atoms with Crippen molar-refractivity contribution in [2.75, 3.05) is 0 Å². The molecule has 0 radical (unpaired) electrons. The highest BCUT2D eigenvalue weighted by Gasteiger charge is 2.50. The van der Waals surface area contributed by atoms with Gasteiger partial charge in [-0.1, -0.05) is 17.2 Å². The van der Waals surface area contributed by atoms with Gasteiger partial charge in [-0.2, -0.15) is 0 Å². The minimum absolute atomic E-state index is 0.164. The Hall–Kier alpha value is -2.17. The van der Waals surface area contributed by atoms with Gasteiger partial charge in [0.05, 0.1) is 17.0 Å². The van der Waals surface area contributed by atoms with Gasteiger partial charge < -0.3 is 4.84 Å². The lowest BCUT2D eigenvalue weighted by molar-refractivity contribution is -0.173. The molecule has 0 saturated heterocycles. The van der Waals surface area contributed by atoms with E-state index in [4.69, 9.17) is 4.84 Å². The van der Waals surface area contributed by atoms with Crippen molar-refractivity contribution in [2.45, 2.75) is 19.3 Å². The van der Waals surface area contributed by atoms with Crippen LogP contribution in [-0.2, 0) is 9.63 Å². The Labute approximate surface area is 115 Å². The van der Waals surface area contributed by atoms with Crippen molar-refractivity contribution in [1.29, 1.82) is 0 Å². The van der Waals surface area contributed by atoms with Crippen molar-refractivity contribution in [3.8, 4) is 0 Å². The monoisotopic (exact) mass is 271 g/mol. The highest BCUT2D eigenvalue weighted by molar-refractivity contribution is 6.20. The molecule has 1 heterocycles. The summed E-state index contributed by atoms with van der Waals surface area (Å²) in [4.78, 5) is 41.2. The highest BCUT2D eigenvalue weighted by Crippen LogP contribution is 2.54. The standard InChI is InChI=1S/C15H13NO4/c17-13-11-3-1-2-4-12(11)14(18)16(13)20-15(19)10-6-8-5-9(8)7-10/h1-4,8-10H,5-7H2. The largest absolute Gasteiger partial charge is 0.336 e. The summed E-state index contributed by atoms with van der Waals surface area (Å²) in [5, 5.41) is 0.608. The number of rotatable bonds is 2. The average Bonchev–Trinajstić information content (AvgIpc) is 3.01. The lowest BCUT2D eigenvalue weighted by atomic mass is 10.0. The van der Waals surface area contributed by atoms with Gasteiger partial charge in [0.15, 0.2) is 0 Å². The molecule has 0 N–H and O–H groups in total. The van der Waals surface area contributed by atoms with Gasteiger partial charge in [-0.3, -0.25) is 9.59 Å². The van der Waals surface area contributed by atoms with Gasteiger partial charge >= 0.3 is 5.97 Å². The molecule has 102 valence electrons. The molecule has 5 nitrogen and oxygen atoms in total. The van der Waals surface area contributed by atoms with Crippen LogP contribution in [0.15, 0.2) is 24.3 Å². The van der Waals surface area contributed by atoms with Crippen molar-refractivity contribution in [1.82, 2.24) is 5.06 Å². The van der Waals surface area contributed by atoms with Crippen molar-refractivity contribution in [3.05, 3.63) is 35.4 Å². The fraction of sp³-hybridized carbons (Fsp3) is 0.400. The topological polar surface area (TPSA) is 63.7 Å². The molecule has 2 fully saturated rings. The van der Waals surface area contributed by atoms with Crippen molar-refractivity contribution in [2.24, 2.45) is 17.8 Å². The first-order chi connectivity index (χ1) is 9.65. The summed E-state index contributed by atoms with van der Waals surface area (Å²) in [6.45, 7) is 0. The van der Waals surface area contributed by atoms with Crippen LogP contribution < -0.4 is 0 Å². The number of imide groups is 1. The molecular formula is C15H13NO4. The number of hydrogen-bond donors (Lipinski definition) is 0. The Kier molecular flexibility index (Phi) is 2.28. The van der Waals surface area contributed by atoms with Crippen LogP contribution in [0.5, 0.6) is 0 Å². The van der Waals surface area contributed by atoms with Gasteiger partial charge in [-0.05, 0) is 43.2 Å². The predicted molar refractivity (Wildman–Crippen MR) is 67.4 cm³/mol. The summed E-state index contributed by atoms with van der Waals surface area (Å²) < 4.78 is 0. The fourth-order valence-electron chi connectivity index (χ4n) is 3.32. The van der Waals surface area contributed by atoms with E-state index in [1.807, 2.05) is 0 Å². The first kappa shape index (κ1) is 11.6. The van der Waals surface area contributed by atoms with Gasteiger partial charge in [0.1, 0.15) is 0 Å². The zero-order valence-corrected chi connectivity index (χ0v) is 10.7. The smallest absolute Gasteiger partial charge is 0.329 e. The number of carbonyl (C=O) groups excluding carboxylic acids is 3. The summed E-state index contributed by atoms with van der Waals surface area (Å²) in [5.41, 5.74) is 0.583. The first-order valence-electron chi connectivity index (χ1n) is 6.85. The normalized spacial score (nSPS) is 30.2. The SMILES string of the molecule is O=C(ON1C(=O)c2ccccc2C1=O)C1CC2CC2C1. The van der Waals surface area contributed by atoms with Gasteiger partial charge in [-0.15, -0.1) is 0 Å². The summed E-state index contributed by atoms with van der Waals surface area (Å²) in [6, 6.07) is 6.49. The Balaban J connectivity index is 1.51. The van der Waals surface area contributed by atoms with Crippen LogP contribution in [0.1, 0.15) is 40.0 Å². The Morgan fingerprint density at radius 2 is 1.55 bits per heavy atom. The maximum Gasteiger partial charge on any atom is 0.336 e. The maximum atomic E-state index is 12.1. The van der Waals surface area contributed by atoms with Gasteiger partial charge in [0.2, 0.25) is 0 Å². The number of fused-ring (bicyclic) bond motifs is 2. The molecule has 1 aliphatic heterocycles. The van der Waals surface area contributed by atoms with E-state index in [0.717, 1.165) is 12.8 Å². The minimum Gasteiger partial charge on any atom is -0.329 e. The molecule has 2 saturated carbocycles. The lowest BCUT2D eigenvalue weighted by Gasteiger charge is -2.16. The van der Waals surface area contributed by atoms with Crippen LogP contribution >= 0.6 is 0 Å². The number of hydroxylamine groups is 2. The quantitative estimate of drug-likeness (QED) is 0.769. The average molecular weight is 271 g/mol. The van der Waals surface area contributed by atoms with Crippen LogP contribution in [0.4, 0.5) is 0 Å². The van der Waals surface area contributed by atoms with E-state index >= 15 is 0 Å². The van der Waals surface area contributed by atoms with Crippen LogP contribution in [0.3, 0.4) is 0 Å². The van der Waals surface area contributed by atoms with Crippen molar-refractivity contribution < 1.29 is 19.2 Å². The van der Waals surface area contributed by atoms with E-state index in [2.05, 4.69) is 0 Å².